The number of hydrogen-bond donors (Lipinski definition) is 2. The molecule has 2 N–H and O–H groups in total. The number of nitrogens with zero attached hydrogens (tertiary/aromatic N) is 1. The molecule has 0 aliphatic carbocycles. The Bertz CT molecular complexity index is 1060. The van der Waals surface area contributed by atoms with Gasteiger partial charge in [-0.15, -0.1) is 0 Å². The average Bonchev–Trinajstić information content (AvgIpc) is 2.69. The predicted molar refractivity (Wildman–Crippen MR) is 110 cm³/mol. The smallest absolute Gasteiger partial charge is 0.322 e. The first-order valence-electron chi connectivity index (χ1n) is 9.36. The molecule has 2 aromatic carbocycles. The number of anilines is 1. The van der Waals surface area contributed by atoms with Crippen LogP contribution in [-0.2, 0) is 0 Å². The maximum atomic E-state index is 13.5. The summed E-state index contributed by atoms with van der Waals surface area (Å²) in [7, 11) is 0. The van der Waals surface area contributed by atoms with E-state index in [1.165, 1.54) is 6.07 Å². The van der Waals surface area contributed by atoms with Crippen LogP contribution in [0.2, 0.25) is 0 Å². The highest BCUT2D eigenvalue weighted by Crippen LogP contribution is 2.27. The van der Waals surface area contributed by atoms with Gasteiger partial charge in [-0.05, 0) is 61.0 Å². The van der Waals surface area contributed by atoms with Crippen molar-refractivity contribution in [1.29, 1.82) is 0 Å². The van der Waals surface area contributed by atoms with Gasteiger partial charge in [0.25, 0.3) is 5.56 Å². The fourth-order valence-corrected chi connectivity index (χ4v) is 3.37. The van der Waals surface area contributed by atoms with Crippen molar-refractivity contribution in [1.82, 2.24) is 9.88 Å². The Morgan fingerprint density at radius 2 is 1.93 bits per heavy atom. The van der Waals surface area contributed by atoms with Gasteiger partial charge >= 0.3 is 6.03 Å². The van der Waals surface area contributed by atoms with Crippen molar-refractivity contribution in [2.24, 2.45) is 0 Å². The van der Waals surface area contributed by atoms with E-state index >= 15 is 0 Å². The number of urea groups is 1. The maximum absolute atomic E-state index is 13.5. The molecule has 0 saturated heterocycles. The standard InChI is InChI=1S/C22H24FN3O2/c1-4-11-26(22(28)25-16-9-10-20(23)14(2)12-16)15(3)19-13-24-21(27)18-8-6-5-7-17(18)19/h5-10,12-13,15H,4,11H2,1-3H3,(H,24,27)(H,25,28)/t15-/m1/s1. The van der Waals surface area contributed by atoms with Gasteiger partial charge in [0.2, 0.25) is 0 Å². The van der Waals surface area contributed by atoms with Gasteiger partial charge in [-0.1, -0.05) is 25.1 Å². The molecule has 1 heterocycles. The number of carbonyl (C=O) groups is 1. The van der Waals surface area contributed by atoms with Crippen LogP contribution in [0.3, 0.4) is 0 Å². The second-order valence-corrected chi connectivity index (χ2v) is 6.88. The number of benzene rings is 2. The Labute approximate surface area is 163 Å². The van der Waals surface area contributed by atoms with Gasteiger partial charge in [0.1, 0.15) is 5.82 Å². The topological polar surface area (TPSA) is 65.2 Å². The van der Waals surface area contributed by atoms with Crippen LogP contribution in [0.1, 0.15) is 37.4 Å². The van der Waals surface area contributed by atoms with Gasteiger partial charge in [0.15, 0.2) is 0 Å². The molecule has 0 aliphatic rings. The number of carbonyl (C=O) groups excluding carboxylic acids is 1. The van der Waals surface area contributed by atoms with Gasteiger partial charge in [0, 0.05) is 23.8 Å². The minimum atomic E-state index is -0.309. The molecule has 3 rings (SSSR count). The summed E-state index contributed by atoms with van der Waals surface area (Å²) in [6, 6.07) is 11.3. The second-order valence-electron chi connectivity index (χ2n) is 6.88. The van der Waals surface area contributed by atoms with E-state index in [2.05, 4.69) is 10.3 Å². The number of pyridine rings is 1. The van der Waals surface area contributed by atoms with Crippen LogP contribution in [0.25, 0.3) is 10.8 Å². The molecule has 0 bridgehead atoms. The number of aromatic amines is 1. The summed E-state index contributed by atoms with van der Waals surface area (Å²) >= 11 is 0. The molecular formula is C22H24FN3O2. The zero-order chi connectivity index (χ0) is 20.3. The molecule has 2 amide bonds. The first-order chi connectivity index (χ1) is 13.4. The molecule has 0 saturated carbocycles. The van der Waals surface area contributed by atoms with Crippen LogP contribution in [0.5, 0.6) is 0 Å². The lowest BCUT2D eigenvalue weighted by Crippen LogP contribution is -2.38. The first-order valence-corrected chi connectivity index (χ1v) is 9.36. The van der Waals surface area contributed by atoms with Crippen LogP contribution < -0.4 is 10.9 Å². The highest BCUT2D eigenvalue weighted by atomic mass is 19.1. The molecular weight excluding hydrogens is 357 g/mol. The number of rotatable bonds is 5. The Morgan fingerprint density at radius 3 is 2.61 bits per heavy atom. The average molecular weight is 381 g/mol. The van der Waals surface area contributed by atoms with Crippen LogP contribution in [0, 0.1) is 12.7 Å². The highest BCUT2D eigenvalue weighted by molar-refractivity contribution is 5.91. The van der Waals surface area contributed by atoms with Crippen molar-refractivity contribution < 1.29 is 9.18 Å². The lowest BCUT2D eigenvalue weighted by molar-refractivity contribution is 0.193. The molecule has 28 heavy (non-hydrogen) atoms. The van der Waals surface area contributed by atoms with Gasteiger partial charge in [-0.3, -0.25) is 4.79 Å². The normalized spacial score (nSPS) is 12.0. The van der Waals surface area contributed by atoms with E-state index in [1.807, 2.05) is 32.0 Å². The Morgan fingerprint density at radius 1 is 1.21 bits per heavy atom. The van der Waals surface area contributed by atoms with E-state index in [9.17, 15) is 14.0 Å². The van der Waals surface area contributed by atoms with Crippen LogP contribution in [0.4, 0.5) is 14.9 Å². The van der Waals surface area contributed by atoms with E-state index in [0.717, 1.165) is 17.4 Å². The minimum absolute atomic E-state index is 0.153. The molecule has 0 unspecified atom stereocenters. The third kappa shape index (κ3) is 3.91. The minimum Gasteiger partial charge on any atom is -0.328 e. The summed E-state index contributed by atoms with van der Waals surface area (Å²) in [6.07, 6.45) is 2.45. The summed E-state index contributed by atoms with van der Waals surface area (Å²) in [5, 5.41) is 4.27. The first kappa shape index (κ1) is 19.6. The Hall–Kier alpha value is -3.15. The number of nitrogens with one attached hydrogen (secondary N) is 2. The molecule has 1 aromatic heterocycles. The maximum Gasteiger partial charge on any atom is 0.322 e. The zero-order valence-corrected chi connectivity index (χ0v) is 16.3. The number of fused-ring (bicyclic) bond motifs is 1. The molecule has 0 fully saturated rings. The fourth-order valence-electron chi connectivity index (χ4n) is 3.37. The molecule has 0 spiro atoms. The number of halogens is 1. The van der Waals surface area contributed by atoms with E-state index in [4.69, 9.17) is 0 Å². The number of aryl methyl sites for hydroxylation is 1. The quantitative estimate of drug-likeness (QED) is 0.654. The molecule has 0 radical (unpaired) electrons. The van der Waals surface area contributed by atoms with Crippen molar-refractivity contribution in [3.8, 4) is 0 Å². The van der Waals surface area contributed by atoms with Crippen molar-refractivity contribution in [2.45, 2.75) is 33.2 Å². The highest BCUT2D eigenvalue weighted by Gasteiger charge is 2.23. The molecule has 0 aliphatic heterocycles. The van der Waals surface area contributed by atoms with Gasteiger partial charge < -0.3 is 15.2 Å². The summed E-state index contributed by atoms with van der Waals surface area (Å²) < 4.78 is 13.5. The lowest BCUT2D eigenvalue weighted by atomic mass is 10.0. The van der Waals surface area contributed by atoms with Crippen LogP contribution >= 0.6 is 0 Å². The number of aromatic nitrogens is 1. The third-order valence-electron chi connectivity index (χ3n) is 4.89. The third-order valence-corrected chi connectivity index (χ3v) is 4.89. The van der Waals surface area contributed by atoms with E-state index in [0.29, 0.717) is 23.2 Å². The van der Waals surface area contributed by atoms with Crippen molar-refractivity contribution in [3.05, 3.63) is 76.0 Å². The lowest BCUT2D eigenvalue weighted by Gasteiger charge is -2.30. The SMILES string of the molecule is CCCN(C(=O)Nc1ccc(F)c(C)c1)[C@H](C)c1c[nH]c(=O)c2ccccc12. The van der Waals surface area contributed by atoms with Crippen LogP contribution in [0.15, 0.2) is 53.5 Å². The summed E-state index contributed by atoms with van der Waals surface area (Å²) in [6.45, 7) is 6.13. The molecule has 5 nitrogen and oxygen atoms in total. The monoisotopic (exact) mass is 381 g/mol. The van der Waals surface area contributed by atoms with Crippen molar-refractivity contribution >= 4 is 22.5 Å². The Kier molecular flexibility index (Phi) is 5.78. The molecule has 3 aromatic rings. The summed E-state index contributed by atoms with van der Waals surface area (Å²) in [5.41, 5.74) is 1.73. The van der Waals surface area contributed by atoms with Crippen LogP contribution in [-0.4, -0.2) is 22.5 Å². The number of amides is 2. The zero-order valence-electron chi connectivity index (χ0n) is 16.3. The molecule has 146 valence electrons. The summed E-state index contributed by atoms with van der Waals surface area (Å²) in [5.74, 6) is -0.309. The predicted octanol–water partition coefficient (Wildman–Crippen LogP) is 4.98. The number of H-pyrrole nitrogens is 1. The molecule has 6 heteroatoms. The van der Waals surface area contributed by atoms with Gasteiger partial charge in [-0.25, -0.2) is 9.18 Å². The number of hydrogen-bond acceptors (Lipinski definition) is 2. The van der Waals surface area contributed by atoms with E-state index < -0.39 is 0 Å². The van der Waals surface area contributed by atoms with E-state index in [1.54, 1.807) is 36.2 Å². The molecule has 1 atom stereocenters. The van der Waals surface area contributed by atoms with Crippen molar-refractivity contribution in [2.75, 3.05) is 11.9 Å². The fraction of sp³-hybridized carbons (Fsp3) is 0.273. The largest absolute Gasteiger partial charge is 0.328 e. The van der Waals surface area contributed by atoms with E-state index in [-0.39, 0.29) is 23.4 Å². The summed E-state index contributed by atoms with van der Waals surface area (Å²) in [4.78, 5) is 29.6. The van der Waals surface area contributed by atoms with Crippen molar-refractivity contribution in [3.63, 3.8) is 0 Å². The van der Waals surface area contributed by atoms with Gasteiger partial charge in [-0.2, -0.15) is 0 Å². The Balaban J connectivity index is 1.93. The van der Waals surface area contributed by atoms with Gasteiger partial charge in [0.05, 0.1) is 6.04 Å². The second kappa shape index (κ2) is 8.25.